The van der Waals surface area contributed by atoms with Gasteiger partial charge in [-0.25, -0.2) is 9.18 Å². The molecule has 164 valence electrons. The van der Waals surface area contributed by atoms with Crippen LogP contribution in [0.4, 0.5) is 15.9 Å². The van der Waals surface area contributed by atoms with Crippen LogP contribution < -0.4 is 26.6 Å². The van der Waals surface area contributed by atoms with Gasteiger partial charge in [0.2, 0.25) is 0 Å². The highest BCUT2D eigenvalue weighted by molar-refractivity contribution is 5.96. The molecule has 30 heavy (non-hydrogen) atoms. The van der Waals surface area contributed by atoms with E-state index in [2.05, 4.69) is 4.98 Å². The minimum absolute atomic E-state index is 0.0381. The average molecular weight is 420 g/mol. The maximum Gasteiger partial charge on any atom is 0.330 e. The number of unbranched alkanes of at least 4 members (excludes halogenated alkanes) is 3. The summed E-state index contributed by atoms with van der Waals surface area (Å²) in [6.07, 6.45) is 3.98. The van der Waals surface area contributed by atoms with Crippen molar-refractivity contribution in [3.05, 3.63) is 50.9 Å². The molecule has 0 aliphatic heterocycles. The van der Waals surface area contributed by atoms with Gasteiger partial charge in [-0.3, -0.25) is 19.1 Å². The molecule has 1 heterocycles. The normalized spacial score (nSPS) is 10.8. The lowest BCUT2D eigenvalue weighted by molar-refractivity contribution is -0.120. The van der Waals surface area contributed by atoms with Gasteiger partial charge in [0.05, 0.1) is 0 Å². The molecule has 3 N–H and O–H groups in total. The van der Waals surface area contributed by atoms with Crippen LogP contribution in [0.1, 0.15) is 46.0 Å². The van der Waals surface area contributed by atoms with E-state index in [9.17, 15) is 18.8 Å². The van der Waals surface area contributed by atoms with E-state index in [0.29, 0.717) is 25.1 Å². The van der Waals surface area contributed by atoms with Crippen molar-refractivity contribution < 1.29 is 13.9 Å². The lowest BCUT2D eigenvalue weighted by atomic mass is 10.2. The molecule has 0 radical (unpaired) electrons. The molecular weight excluding hydrogens is 391 g/mol. The largest absolute Gasteiger partial charge is 0.484 e. The Kier molecular flexibility index (Phi) is 8.64. The number of aromatic nitrogens is 2. The van der Waals surface area contributed by atoms with Crippen LogP contribution >= 0.6 is 0 Å². The maximum atomic E-state index is 13.0. The minimum Gasteiger partial charge on any atom is -0.484 e. The molecule has 1 amide bonds. The lowest BCUT2D eigenvalue weighted by Gasteiger charge is -2.24. The number of aromatic amines is 1. The molecule has 2 rings (SSSR count). The quantitative estimate of drug-likeness (QED) is 0.543. The fraction of sp³-hybridized carbons (Fsp3) is 0.476. The smallest absolute Gasteiger partial charge is 0.330 e. The van der Waals surface area contributed by atoms with E-state index in [1.807, 2.05) is 13.8 Å². The number of amides is 1. The fourth-order valence-electron chi connectivity index (χ4n) is 3.01. The van der Waals surface area contributed by atoms with Crippen LogP contribution in [0.5, 0.6) is 5.75 Å². The van der Waals surface area contributed by atoms with Gasteiger partial charge in [0.1, 0.15) is 17.4 Å². The van der Waals surface area contributed by atoms with Crippen molar-refractivity contribution in [1.29, 1.82) is 0 Å². The van der Waals surface area contributed by atoms with Crippen molar-refractivity contribution in [1.82, 2.24) is 9.55 Å². The monoisotopic (exact) mass is 420 g/mol. The van der Waals surface area contributed by atoms with E-state index in [0.717, 1.165) is 19.3 Å². The van der Waals surface area contributed by atoms with Crippen molar-refractivity contribution in [3.63, 3.8) is 0 Å². The number of nitrogens with two attached hydrogens (primary N) is 1. The second-order valence-corrected chi connectivity index (χ2v) is 6.99. The third-order valence-corrected chi connectivity index (χ3v) is 4.68. The summed E-state index contributed by atoms with van der Waals surface area (Å²) in [4.78, 5) is 41.2. The Morgan fingerprint density at radius 1 is 1.13 bits per heavy atom. The lowest BCUT2D eigenvalue weighted by Crippen LogP contribution is -2.43. The molecule has 9 heteroatoms. The highest BCUT2D eigenvalue weighted by Crippen LogP contribution is 2.19. The van der Waals surface area contributed by atoms with Crippen LogP contribution in [0, 0.1) is 5.82 Å². The van der Waals surface area contributed by atoms with Crippen LogP contribution in [-0.2, 0) is 11.3 Å². The number of ether oxygens (including phenoxy) is 1. The number of hydrogen-bond donors (Lipinski definition) is 2. The molecule has 0 fully saturated rings. The number of benzene rings is 1. The summed E-state index contributed by atoms with van der Waals surface area (Å²) in [6, 6.07) is 5.28. The molecule has 0 saturated heterocycles. The molecule has 0 saturated carbocycles. The predicted molar refractivity (Wildman–Crippen MR) is 114 cm³/mol. The minimum atomic E-state index is -0.711. The average Bonchev–Trinajstić information content (AvgIpc) is 2.71. The second kappa shape index (κ2) is 11.2. The van der Waals surface area contributed by atoms with Gasteiger partial charge in [-0.1, -0.05) is 33.1 Å². The molecule has 2 aromatic rings. The SMILES string of the molecule is CCCCCN(C(=O)COc1ccc(F)cc1)c1c(N)n(CCCC)c(=O)[nH]c1=O. The van der Waals surface area contributed by atoms with Crippen LogP contribution in [0.15, 0.2) is 33.9 Å². The van der Waals surface area contributed by atoms with E-state index in [4.69, 9.17) is 10.5 Å². The summed E-state index contributed by atoms with van der Waals surface area (Å²) in [5.74, 6) is -0.603. The molecule has 0 atom stereocenters. The maximum absolute atomic E-state index is 13.0. The van der Waals surface area contributed by atoms with Crippen LogP contribution in [0.25, 0.3) is 0 Å². The zero-order valence-corrected chi connectivity index (χ0v) is 17.4. The van der Waals surface area contributed by atoms with Gasteiger partial charge in [0.15, 0.2) is 12.3 Å². The van der Waals surface area contributed by atoms with Crippen LogP contribution in [0.3, 0.4) is 0 Å². The molecular formula is C21H29FN4O4. The molecule has 0 bridgehead atoms. The van der Waals surface area contributed by atoms with Crippen LogP contribution in [-0.4, -0.2) is 28.6 Å². The molecule has 1 aromatic carbocycles. The number of nitrogens with one attached hydrogen (secondary N) is 1. The first kappa shape index (κ1) is 23.2. The van der Waals surface area contributed by atoms with Gasteiger partial charge in [-0.2, -0.15) is 0 Å². The number of rotatable bonds is 11. The predicted octanol–water partition coefficient (Wildman–Crippen LogP) is 2.66. The van der Waals surface area contributed by atoms with Crippen molar-refractivity contribution in [2.75, 3.05) is 23.8 Å². The highest BCUT2D eigenvalue weighted by atomic mass is 19.1. The summed E-state index contributed by atoms with van der Waals surface area (Å²) in [6.45, 7) is 4.24. The molecule has 0 aliphatic rings. The number of halogens is 1. The molecule has 8 nitrogen and oxygen atoms in total. The van der Waals surface area contributed by atoms with Crippen molar-refractivity contribution >= 4 is 17.4 Å². The molecule has 0 aliphatic carbocycles. The summed E-state index contributed by atoms with van der Waals surface area (Å²) >= 11 is 0. The van der Waals surface area contributed by atoms with Gasteiger partial charge in [-0.05, 0) is 37.1 Å². The van der Waals surface area contributed by atoms with E-state index >= 15 is 0 Å². The van der Waals surface area contributed by atoms with Crippen molar-refractivity contribution in [2.24, 2.45) is 0 Å². The number of hydrogen-bond acceptors (Lipinski definition) is 5. The summed E-state index contributed by atoms with van der Waals surface area (Å²) in [5, 5.41) is 0. The zero-order chi connectivity index (χ0) is 22.1. The standard InChI is InChI=1S/C21H29FN4O4/c1-3-5-7-13-25(17(27)14-30-16-10-8-15(22)9-11-16)18-19(23)26(12-6-4-2)21(29)24-20(18)28/h8-11H,3-7,12-14,23H2,1-2H3,(H,24,28,29). The fourth-order valence-corrected chi connectivity index (χ4v) is 3.01. The number of carbonyl (C=O) groups is 1. The van der Waals surface area contributed by atoms with Gasteiger partial charge < -0.3 is 15.4 Å². The van der Waals surface area contributed by atoms with Crippen LogP contribution in [0.2, 0.25) is 0 Å². The third-order valence-electron chi connectivity index (χ3n) is 4.68. The number of nitrogen functional groups attached to an aromatic ring is 1. The Hall–Kier alpha value is -3.10. The summed E-state index contributed by atoms with van der Waals surface area (Å²) in [5.41, 5.74) is 4.80. The first-order chi connectivity index (χ1) is 14.4. The summed E-state index contributed by atoms with van der Waals surface area (Å²) in [7, 11) is 0. The van der Waals surface area contributed by atoms with Gasteiger partial charge >= 0.3 is 5.69 Å². The third kappa shape index (κ3) is 5.95. The highest BCUT2D eigenvalue weighted by Gasteiger charge is 2.24. The van der Waals surface area contributed by atoms with E-state index < -0.39 is 23.0 Å². The Balaban J connectivity index is 2.33. The summed E-state index contributed by atoms with van der Waals surface area (Å²) < 4.78 is 19.8. The number of H-pyrrole nitrogens is 1. The van der Waals surface area contributed by atoms with Gasteiger partial charge in [0.25, 0.3) is 11.5 Å². The number of anilines is 2. The molecule has 1 aromatic heterocycles. The zero-order valence-electron chi connectivity index (χ0n) is 17.4. The Morgan fingerprint density at radius 3 is 2.43 bits per heavy atom. The molecule has 0 spiro atoms. The van der Waals surface area contributed by atoms with E-state index in [1.54, 1.807) is 0 Å². The van der Waals surface area contributed by atoms with Crippen molar-refractivity contribution in [2.45, 2.75) is 52.5 Å². The number of nitrogens with zero attached hydrogens (tertiary/aromatic N) is 2. The molecule has 0 unspecified atom stereocenters. The Bertz CT molecular complexity index is 953. The topological polar surface area (TPSA) is 110 Å². The first-order valence-corrected chi connectivity index (χ1v) is 10.2. The Labute approximate surface area is 174 Å². The van der Waals surface area contributed by atoms with Gasteiger partial charge in [-0.15, -0.1) is 0 Å². The first-order valence-electron chi connectivity index (χ1n) is 10.2. The van der Waals surface area contributed by atoms with E-state index in [-0.39, 0.29) is 24.7 Å². The Morgan fingerprint density at radius 2 is 1.80 bits per heavy atom. The van der Waals surface area contributed by atoms with Gasteiger partial charge in [0, 0.05) is 13.1 Å². The van der Waals surface area contributed by atoms with Crippen molar-refractivity contribution in [3.8, 4) is 5.75 Å². The number of carbonyl (C=O) groups excluding carboxylic acids is 1. The van der Waals surface area contributed by atoms with E-state index in [1.165, 1.54) is 33.7 Å². The second-order valence-electron chi connectivity index (χ2n) is 6.99.